The van der Waals surface area contributed by atoms with Crippen LogP contribution in [-0.4, -0.2) is 26.7 Å². The molecule has 0 aliphatic carbocycles. The molecule has 1 aliphatic heterocycles. The van der Waals surface area contributed by atoms with Crippen molar-refractivity contribution in [1.82, 2.24) is 0 Å². The van der Waals surface area contributed by atoms with Crippen LogP contribution in [-0.2, 0) is 13.0 Å². The van der Waals surface area contributed by atoms with Gasteiger partial charge in [-0.25, -0.2) is 0 Å². The minimum Gasteiger partial charge on any atom is -0.493 e. The predicted molar refractivity (Wildman–Crippen MR) is 120 cm³/mol. The highest BCUT2D eigenvalue weighted by molar-refractivity contribution is 6.04. The molecule has 3 aromatic rings. The van der Waals surface area contributed by atoms with Crippen molar-refractivity contribution in [2.75, 3.05) is 31.0 Å². The summed E-state index contributed by atoms with van der Waals surface area (Å²) in [5, 5.41) is 2.91. The Hall–Kier alpha value is -3.47. The molecule has 1 N–H and O–H groups in total. The van der Waals surface area contributed by atoms with Crippen molar-refractivity contribution in [3.05, 3.63) is 83.4 Å². The molecule has 0 unspecified atom stereocenters. The number of carbonyl (C=O) groups is 1. The summed E-state index contributed by atoms with van der Waals surface area (Å²) in [6.07, 6.45) is 2.31. The number of nitrogens with zero attached hydrogens (tertiary/aromatic N) is 1. The van der Waals surface area contributed by atoms with Crippen molar-refractivity contribution in [2.24, 2.45) is 0 Å². The van der Waals surface area contributed by atoms with Crippen LogP contribution in [0.2, 0.25) is 0 Å². The molecule has 154 valence electrons. The van der Waals surface area contributed by atoms with Gasteiger partial charge < -0.3 is 19.7 Å². The van der Waals surface area contributed by atoms with Crippen LogP contribution < -0.4 is 19.7 Å². The Balaban J connectivity index is 1.43. The maximum absolute atomic E-state index is 12.6. The van der Waals surface area contributed by atoms with Crippen LogP contribution >= 0.6 is 0 Å². The van der Waals surface area contributed by atoms with Crippen molar-refractivity contribution in [1.29, 1.82) is 0 Å². The standard InChI is InChI=1S/C25H26N2O3/c1-29-23-14-13-21(16-24(23)30-2)26-25(28)20-11-9-18(10-12-20)17-27-15-5-7-19-6-3-4-8-22(19)27/h3-4,6,8-14,16H,5,7,15,17H2,1-2H3,(H,26,28). The van der Waals surface area contributed by atoms with Crippen LogP contribution in [0.25, 0.3) is 0 Å². The van der Waals surface area contributed by atoms with Crippen LogP contribution in [0.15, 0.2) is 66.7 Å². The van der Waals surface area contributed by atoms with Gasteiger partial charge in [-0.15, -0.1) is 0 Å². The fourth-order valence-electron chi connectivity index (χ4n) is 3.87. The molecule has 0 saturated heterocycles. The molecule has 3 aromatic carbocycles. The van der Waals surface area contributed by atoms with E-state index in [0.717, 1.165) is 19.5 Å². The third kappa shape index (κ3) is 4.25. The van der Waals surface area contributed by atoms with Crippen molar-refractivity contribution >= 4 is 17.3 Å². The van der Waals surface area contributed by atoms with Crippen LogP contribution in [0.1, 0.15) is 27.9 Å². The highest BCUT2D eigenvalue weighted by Gasteiger charge is 2.16. The van der Waals surface area contributed by atoms with Crippen molar-refractivity contribution in [3.8, 4) is 11.5 Å². The molecule has 0 aromatic heterocycles. The second-order valence-corrected chi connectivity index (χ2v) is 7.37. The number of methoxy groups -OCH3 is 2. The van der Waals surface area contributed by atoms with E-state index in [4.69, 9.17) is 9.47 Å². The summed E-state index contributed by atoms with van der Waals surface area (Å²) >= 11 is 0. The van der Waals surface area contributed by atoms with Gasteiger partial charge in [-0.2, -0.15) is 0 Å². The van der Waals surface area contributed by atoms with Crippen molar-refractivity contribution in [2.45, 2.75) is 19.4 Å². The number of nitrogens with one attached hydrogen (secondary N) is 1. The molecule has 1 amide bonds. The maximum Gasteiger partial charge on any atom is 0.255 e. The summed E-state index contributed by atoms with van der Waals surface area (Å²) in [5.74, 6) is 1.05. The Morgan fingerprint density at radius 1 is 0.967 bits per heavy atom. The number of carbonyl (C=O) groups excluding carboxylic acids is 1. The number of aryl methyl sites for hydroxylation is 1. The van der Waals surface area contributed by atoms with E-state index in [0.29, 0.717) is 22.7 Å². The molecule has 5 nitrogen and oxygen atoms in total. The first-order valence-electron chi connectivity index (χ1n) is 10.1. The molecule has 1 heterocycles. The topological polar surface area (TPSA) is 50.8 Å². The summed E-state index contributed by atoms with van der Waals surface area (Å²) in [4.78, 5) is 15.1. The zero-order valence-electron chi connectivity index (χ0n) is 17.4. The van der Waals surface area contributed by atoms with Gasteiger partial charge in [0.2, 0.25) is 0 Å². The van der Waals surface area contributed by atoms with Gasteiger partial charge in [0.25, 0.3) is 5.91 Å². The average Bonchev–Trinajstić information content (AvgIpc) is 2.79. The van der Waals surface area contributed by atoms with E-state index in [1.165, 1.54) is 23.2 Å². The third-order valence-corrected chi connectivity index (χ3v) is 5.44. The van der Waals surface area contributed by atoms with Gasteiger partial charge in [0.05, 0.1) is 14.2 Å². The fraction of sp³-hybridized carbons (Fsp3) is 0.240. The zero-order valence-corrected chi connectivity index (χ0v) is 17.4. The molecule has 0 saturated carbocycles. The number of ether oxygens (including phenoxy) is 2. The zero-order chi connectivity index (χ0) is 20.9. The molecule has 4 rings (SSSR count). The predicted octanol–water partition coefficient (Wildman–Crippen LogP) is 4.91. The van der Waals surface area contributed by atoms with E-state index in [9.17, 15) is 4.79 Å². The van der Waals surface area contributed by atoms with Crippen LogP contribution in [0.5, 0.6) is 11.5 Å². The Bertz CT molecular complexity index is 1030. The molecule has 0 radical (unpaired) electrons. The van der Waals surface area contributed by atoms with Gasteiger partial charge in [0.15, 0.2) is 11.5 Å². The molecule has 0 fully saturated rings. The van der Waals surface area contributed by atoms with Crippen LogP contribution in [0.3, 0.4) is 0 Å². The first-order chi connectivity index (χ1) is 14.7. The number of fused-ring (bicyclic) bond motifs is 1. The van der Waals surface area contributed by atoms with E-state index < -0.39 is 0 Å². The molecule has 0 atom stereocenters. The fourth-order valence-corrected chi connectivity index (χ4v) is 3.87. The van der Waals surface area contributed by atoms with Gasteiger partial charge in [-0.1, -0.05) is 30.3 Å². The van der Waals surface area contributed by atoms with E-state index in [2.05, 4.69) is 34.5 Å². The lowest BCUT2D eigenvalue weighted by molar-refractivity contribution is 0.102. The molecular weight excluding hydrogens is 376 g/mol. The SMILES string of the molecule is COc1ccc(NC(=O)c2ccc(CN3CCCc4ccccc43)cc2)cc1OC. The largest absolute Gasteiger partial charge is 0.493 e. The first-order valence-corrected chi connectivity index (χ1v) is 10.1. The third-order valence-electron chi connectivity index (χ3n) is 5.44. The van der Waals surface area contributed by atoms with E-state index >= 15 is 0 Å². The van der Waals surface area contributed by atoms with Gasteiger partial charge in [0, 0.05) is 36.1 Å². The van der Waals surface area contributed by atoms with Crippen LogP contribution in [0.4, 0.5) is 11.4 Å². The highest BCUT2D eigenvalue weighted by Crippen LogP contribution is 2.30. The minimum atomic E-state index is -0.155. The summed E-state index contributed by atoms with van der Waals surface area (Å²) in [6.45, 7) is 1.90. The second kappa shape index (κ2) is 8.91. The number of amides is 1. The summed E-state index contributed by atoms with van der Waals surface area (Å²) in [5.41, 5.74) is 5.20. The van der Waals surface area contributed by atoms with Crippen LogP contribution in [0, 0.1) is 0 Å². The lowest BCUT2D eigenvalue weighted by atomic mass is 10.0. The maximum atomic E-state index is 12.6. The first kappa shape index (κ1) is 19.8. The molecule has 5 heteroatoms. The minimum absolute atomic E-state index is 0.155. The Morgan fingerprint density at radius 3 is 2.50 bits per heavy atom. The van der Waals surface area contributed by atoms with E-state index in [1.807, 2.05) is 24.3 Å². The van der Waals surface area contributed by atoms with Crippen molar-refractivity contribution in [3.63, 3.8) is 0 Å². The summed E-state index contributed by atoms with van der Waals surface area (Å²) in [7, 11) is 3.16. The molecule has 0 bridgehead atoms. The van der Waals surface area contributed by atoms with Gasteiger partial charge in [-0.3, -0.25) is 4.79 Å². The molecule has 30 heavy (non-hydrogen) atoms. The van der Waals surface area contributed by atoms with E-state index in [-0.39, 0.29) is 5.91 Å². The Labute approximate surface area is 177 Å². The lowest BCUT2D eigenvalue weighted by Crippen LogP contribution is -2.28. The van der Waals surface area contributed by atoms with Gasteiger partial charge >= 0.3 is 0 Å². The molecule has 1 aliphatic rings. The number of benzene rings is 3. The smallest absolute Gasteiger partial charge is 0.255 e. The van der Waals surface area contributed by atoms with Gasteiger partial charge in [-0.05, 0) is 54.3 Å². The summed E-state index contributed by atoms with van der Waals surface area (Å²) in [6, 6.07) is 21.7. The highest BCUT2D eigenvalue weighted by atomic mass is 16.5. The summed E-state index contributed by atoms with van der Waals surface area (Å²) < 4.78 is 10.5. The number of para-hydroxylation sites is 1. The second-order valence-electron chi connectivity index (χ2n) is 7.37. The Kier molecular flexibility index (Phi) is 5.89. The molecular formula is C25H26N2O3. The Morgan fingerprint density at radius 2 is 1.73 bits per heavy atom. The number of rotatable bonds is 6. The quantitative estimate of drug-likeness (QED) is 0.637. The average molecular weight is 402 g/mol. The molecule has 0 spiro atoms. The van der Waals surface area contributed by atoms with Gasteiger partial charge in [0.1, 0.15) is 0 Å². The van der Waals surface area contributed by atoms with Crippen molar-refractivity contribution < 1.29 is 14.3 Å². The number of hydrogen-bond donors (Lipinski definition) is 1. The monoisotopic (exact) mass is 402 g/mol. The number of anilines is 2. The number of hydrogen-bond acceptors (Lipinski definition) is 4. The van der Waals surface area contributed by atoms with E-state index in [1.54, 1.807) is 32.4 Å². The lowest BCUT2D eigenvalue weighted by Gasteiger charge is -2.31. The normalized spacial score (nSPS) is 12.8.